The Morgan fingerprint density at radius 2 is 1.76 bits per heavy atom. The Hall–Kier alpha value is -2.25. The SMILES string of the molecule is NC(=NCc1ccc(C(F)(F)F)cc1)/N=C(\N)N1CCC1. The molecule has 5 nitrogen and oxygen atoms in total. The van der Waals surface area contributed by atoms with Crippen LogP contribution in [0.4, 0.5) is 13.2 Å². The Bertz CT molecular complexity index is 544. The highest BCUT2D eigenvalue weighted by atomic mass is 19.4. The van der Waals surface area contributed by atoms with Gasteiger partial charge in [-0.1, -0.05) is 12.1 Å². The van der Waals surface area contributed by atoms with Gasteiger partial charge in [-0.2, -0.15) is 18.2 Å². The van der Waals surface area contributed by atoms with Crippen molar-refractivity contribution < 1.29 is 13.2 Å². The predicted octanol–water partition coefficient (Wildman–Crippen LogP) is 1.54. The largest absolute Gasteiger partial charge is 0.416 e. The van der Waals surface area contributed by atoms with E-state index in [0.717, 1.165) is 31.6 Å². The van der Waals surface area contributed by atoms with Crippen LogP contribution in [0.5, 0.6) is 0 Å². The third kappa shape index (κ3) is 4.11. The van der Waals surface area contributed by atoms with Gasteiger partial charge in [0.25, 0.3) is 0 Å². The molecule has 4 N–H and O–H groups in total. The number of benzene rings is 1. The first-order valence-electron chi connectivity index (χ1n) is 6.41. The number of hydrogen-bond donors (Lipinski definition) is 2. The third-order valence-electron chi connectivity index (χ3n) is 3.11. The molecule has 1 aromatic rings. The lowest BCUT2D eigenvalue weighted by Gasteiger charge is -2.31. The maximum atomic E-state index is 12.4. The fraction of sp³-hybridized carbons (Fsp3) is 0.385. The molecule has 1 aliphatic rings. The minimum atomic E-state index is -4.34. The number of aliphatic imine (C=N–C) groups is 2. The summed E-state index contributed by atoms with van der Waals surface area (Å²) in [6.07, 6.45) is -3.27. The molecule has 0 amide bonds. The van der Waals surface area contributed by atoms with Crippen molar-refractivity contribution in [3.63, 3.8) is 0 Å². The van der Waals surface area contributed by atoms with Crippen molar-refractivity contribution in [1.82, 2.24) is 4.90 Å². The van der Waals surface area contributed by atoms with Gasteiger partial charge in [-0.3, -0.25) is 0 Å². The number of guanidine groups is 2. The van der Waals surface area contributed by atoms with Crippen LogP contribution in [0, 0.1) is 0 Å². The number of hydrogen-bond acceptors (Lipinski definition) is 1. The Kier molecular flexibility index (Phi) is 4.35. The van der Waals surface area contributed by atoms with Crippen molar-refractivity contribution in [2.24, 2.45) is 21.5 Å². The van der Waals surface area contributed by atoms with E-state index in [1.807, 2.05) is 4.90 Å². The van der Waals surface area contributed by atoms with E-state index in [2.05, 4.69) is 9.98 Å². The van der Waals surface area contributed by atoms with Crippen molar-refractivity contribution in [3.8, 4) is 0 Å². The molecule has 0 saturated carbocycles. The van der Waals surface area contributed by atoms with Crippen LogP contribution >= 0.6 is 0 Å². The summed E-state index contributed by atoms with van der Waals surface area (Å²) >= 11 is 0. The summed E-state index contributed by atoms with van der Waals surface area (Å²) in [4.78, 5) is 9.79. The molecule has 0 aromatic heterocycles. The molecule has 0 atom stereocenters. The molecule has 2 rings (SSSR count). The fourth-order valence-electron chi connectivity index (χ4n) is 1.74. The summed E-state index contributed by atoms with van der Waals surface area (Å²) in [5.41, 5.74) is 11.2. The molecule has 1 aliphatic heterocycles. The van der Waals surface area contributed by atoms with Crippen molar-refractivity contribution >= 4 is 11.9 Å². The Labute approximate surface area is 120 Å². The first-order chi connectivity index (χ1) is 9.86. The number of nitrogens with two attached hydrogens (primary N) is 2. The van der Waals surface area contributed by atoms with Gasteiger partial charge in [0.05, 0.1) is 12.1 Å². The minimum absolute atomic E-state index is 0.0132. The molecule has 0 unspecified atom stereocenters. The average molecular weight is 299 g/mol. The number of likely N-dealkylation sites (tertiary alicyclic amines) is 1. The van der Waals surface area contributed by atoms with Gasteiger partial charge in [-0.15, -0.1) is 0 Å². The van der Waals surface area contributed by atoms with Crippen LogP contribution in [0.2, 0.25) is 0 Å². The standard InChI is InChI=1S/C13H16F3N5/c14-13(15,16)10-4-2-9(3-5-10)8-19-11(17)20-12(18)21-6-1-7-21/h2-5H,1,6-8H2,(H4,17,18,19,20). The van der Waals surface area contributed by atoms with E-state index in [-0.39, 0.29) is 12.5 Å². The smallest absolute Gasteiger partial charge is 0.369 e. The molecule has 1 fully saturated rings. The molecular weight excluding hydrogens is 283 g/mol. The molecule has 8 heteroatoms. The highest BCUT2D eigenvalue weighted by Gasteiger charge is 2.29. The summed E-state index contributed by atoms with van der Waals surface area (Å²) in [6.45, 7) is 1.85. The maximum Gasteiger partial charge on any atom is 0.416 e. The van der Waals surface area contributed by atoms with E-state index < -0.39 is 11.7 Å². The van der Waals surface area contributed by atoms with Crippen LogP contribution < -0.4 is 11.5 Å². The van der Waals surface area contributed by atoms with Crippen molar-refractivity contribution in [1.29, 1.82) is 0 Å². The lowest BCUT2D eigenvalue weighted by molar-refractivity contribution is -0.137. The number of halogens is 3. The normalized spacial score (nSPS) is 16.8. The second-order valence-corrected chi connectivity index (χ2v) is 4.68. The van der Waals surface area contributed by atoms with E-state index in [9.17, 15) is 13.2 Å². The maximum absolute atomic E-state index is 12.4. The highest BCUT2D eigenvalue weighted by Crippen LogP contribution is 2.29. The molecule has 1 heterocycles. The zero-order valence-electron chi connectivity index (χ0n) is 11.3. The van der Waals surface area contributed by atoms with Crippen molar-refractivity contribution in [2.75, 3.05) is 13.1 Å². The summed E-state index contributed by atoms with van der Waals surface area (Å²) in [7, 11) is 0. The van der Waals surface area contributed by atoms with E-state index in [1.165, 1.54) is 12.1 Å². The lowest BCUT2D eigenvalue weighted by atomic mass is 10.1. The lowest BCUT2D eigenvalue weighted by Crippen LogP contribution is -2.47. The first kappa shape index (κ1) is 15.1. The predicted molar refractivity (Wildman–Crippen MR) is 74.6 cm³/mol. The van der Waals surface area contributed by atoms with Gasteiger partial charge >= 0.3 is 6.18 Å². The first-order valence-corrected chi connectivity index (χ1v) is 6.41. The van der Waals surface area contributed by atoms with Crippen LogP contribution in [0.1, 0.15) is 17.5 Å². The molecule has 0 aliphatic carbocycles. The molecule has 0 radical (unpaired) electrons. The van der Waals surface area contributed by atoms with Gasteiger partial charge in [0.2, 0.25) is 5.96 Å². The second-order valence-electron chi connectivity index (χ2n) is 4.68. The summed E-state index contributed by atoms with van der Waals surface area (Å²) in [6, 6.07) is 4.75. The molecule has 0 bridgehead atoms. The minimum Gasteiger partial charge on any atom is -0.369 e. The quantitative estimate of drug-likeness (QED) is 0.642. The van der Waals surface area contributed by atoms with Gasteiger partial charge in [0.1, 0.15) is 0 Å². The van der Waals surface area contributed by atoms with Gasteiger partial charge in [-0.25, -0.2) is 4.99 Å². The van der Waals surface area contributed by atoms with Crippen LogP contribution in [0.3, 0.4) is 0 Å². The third-order valence-corrected chi connectivity index (χ3v) is 3.11. The zero-order valence-corrected chi connectivity index (χ0v) is 11.3. The van der Waals surface area contributed by atoms with Crippen molar-refractivity contribution in [3.05, 3.63) is 35.4 Å². The molecule has 21 heavy (non-hydrogen) atoms. The number of alkyl halides is 3. The van der Waals surface area contributed by atoms with E-state index in [4.69, 9.17) is 11.5 Å². The Morgan fingerprint density at radius 3 is 2.24 bits per heavy atom. The van der Waals surface area contributed by atoms with Crippen LogP contribution in [-0.2, 0) is 12.7 Å². The van der Waals surface area contributed by atoms with Gasteiger partial charge in [0.15, 0.2) is 5.96 Å². The molecule has 1 saturated heterocycles. The van der Waals surface area contributed by atoms with Gasteiger partial charge < -0.3 is 16.4 Å². The van der Waals surface area contributed by atoms with Crippen LogP contribution in [0.15, 0.2) is 34.3 Å². The summed E-state index contributed by atoms with van der Waals surface area (Å²) in [5, 5.41) is 0. The van der Waals surface area contributed by atoms with Gasteiger partial charge in [-0.05, 0) is 24.1 Å². The van der Waals surface area contributed by atoms with E-state index in [1.54, 1.807) is 0 Å². The molecule has 114 valence electrons. The molecular formula is C13H16F3N5. The Balaban J connectivity index is 1.96. The second kappa shape index (κ2) is 6.02. The summed E-state index contributed by atoms with van der Waals surface area (Å²) < 4.78 is 37.2. The molecule has 1 aromatic carbocycles. The van der Waals surface area contributed by atoms with Gasteiger partial charge in [0, 0.05) is 13.1 Å². The fourth-order valence-corrected chi connectivity index (χ4v) is 1.74. The highest BCUT2D eigenvalue weighted by molar-refractivity contribution is 5.93. The van der Waals surface area contributed by atoms with Crippen LogP contribution in [0.25, 0.3) is 0 Å². The van der Waals surface area contributed by atoms with E-state index >= 15 is 0 Å². The Morgan fingerprint density at radius 1 is 1.14 bits per heavy atom. The number of nitrogens with zero attached hydrogens (tertiary/aromatic N) is 3. The van der Waals surface area contributed by atoms with Crippen LogP contribution in [-0.4, -0.2) is 29.9 Å². The zero-order chi connectivity index (χ0) is 15.5. The van der Waals surface area contributed by atoms with E-state index in [0.29, 0.717) is 11.5 Å². The topological polar surface area (TPSA) is 80.0 Å². The van der Waals surface area contributed by atoms with Crippen molar-refractivity contribution in [2.45, 2.75) is 19.1 Å². The molecule has 0 spiro atoms. The summed E-state index contributed by atoms with van der Waals surface area (Å²) in [5.74, 6) is 0.328. The number of rotatable bonds is 2. The monoisotopic (exact) mass is 299 g/mol. The average Bonchev–Trinajstić information content (AvgIpc) is 2.33.